The maximum absolute atomic E-state index is 6.13. The molecule has 0 aliphatic heterocycles. The first-order valence-electron chi connectivity index (χ1n) is 5.71. The van der Waals surface area contributed by atoms with Crippen LogP contribution in [0.3, 0.4) is 0 Å². The minimum Gasteiger partial charge on any atom is -0.401 e. The fourth-order valence-electron chi connectivity index (χ4n) is 1.84. The molecule has 0 saturated carbocycles. The molecule has 0 atom stereocenters. The molecule has 0 aromatic heterocycles. The number of halogens is 1. The molecule has 0 fully saturated rings. The van der Waals surface area contributed by atoms with Crippen LogP contribution < -0.4 is 10.4 Å². The first kappa shape index (κ1) is 12.8. The molecule has 0 unspecified atom stereocenters. The van der Waals surface area contributed by atoms with E-state index in [1.54, 1.807) is 0 Å². The van der Waals surface area contributed by atoms with Crippen molar-refractivity contribution in [1.82, 2.24) is 0 Å². The van der Waals surface area contributed by atoms with Crippen LogP contribution in [-0.2, 0) is 4.43 Å². The molecule has 0 saturated heterocycles. The van der Waals surface area contributed by atoms with E-state index < -0.39 is 5.81 Å². The largest absolute Gasteiger partial charge is 0.401 e. The van der Waals surface area contributed by atoms with Gasteiger partial charge in [0.25, 0.3) is 0 Å². The zero-order valence-electron chi connectivity index (χ0n) is 9.77. The molecule has 0 spiro atoms. The average Bonchev–Trinajstić information content (AvgIpc) is 2.41. The normalized spacial score (nSPS) is 11.4. The zero-order valence-corrected chi connectivity index (χ0v) is 12.9. The minimum absolute atomic E-state index is 0.749. The van der Waals surface area contributed by atoms with Gasteiger partial charge in [-0.15, -0.1) is 0 Å². The maximum atomic E-state index is 6.13. The predicted octanol–water partition coefficient (Wildman–Crippen LogP) is 2.71. The Balaban J connectivity index is 2.47. The van der Waals surface area contributed by atoms with Crippen LogP contribution in [0, 0.1) is 0 Å². The van der Waals surface area contributed by atoms with Gasteiger partial charge in [0.15, 0.2) is 0 Å². The van der Waals surface area contributed by atoms with Crippen LogP contribution in [0.25, 0.3) is 0 Å². The molecule has 17 heavy (non-hydrogen) atoms. The molecule has 2 aromatic carbocycles. The van der Waals surface area contributed by atoms with E-state index in [4.69, 9.17) is 4.43 Å². The summed E-state index contributed by atoms with van der Waals surface area (Å²) in [5.41, 5.74) is 0. The number of benzene rings is 2. The van der Waals surface area contributed by atoms with Crippen LogP contribution in [0.5, 0.6) is 0 Å². The van der Waals surface area contributed by atoms with Gasteiger partial charge in [-0.05, 0) is 17.3 Å². The van der Waals surface area contributed by atoms with Gasteiger partial charge in [0, 0.05) is 6.61 Å². The Hall–Kier alpha value is -0.653. The summed E-state index contributed by atoms with van der Waals surface area (Å²) < 4.78 is 6.13. The molecule has 0 bridgehead atoms. The summed E-state index contributed by atoms with van der Waals surface area (Å²) in [5, 5.41) is 2.63. The van der Waals surface area contributed by atoms with E-state index in [0.717, 1.165) is 6.61 Å². The Labute approximate surface area is 116 Å². The van der Waals surface area contributed by atoms with Crippen LogP contribution >= 0.6 is 21.8 Å². The molecular formula is C14H15IOSi. The van der Waals surface area contributed by atoms with Crippen molar-refractivity contribution in [1.29, 1.82) is 0 Å². The fraction of sp³-hybridized carbons (Fsp3) is 0.143. The van der Waals surface area contributed by atoms with Gasteiger partial charge < -0.3 is 4.43 Å². The minimum atomic E-state index is -2.03. The highest BCUT2D eigenvalue weighted by Gasteiger charge is 2.36. The highest BCUT2D eigenvalue weighted by atomic mass is 127. The summed E-state index contributed by atoms with van der Waals surface area (Å²) in [6.45, 7) is 2.81. The van der Waals surface area contributed by atoms with Crippen LogP contribution in [0.15, 0.2) is 60.7 Å². The number of hydrogen-bond donors (Lipinski definition) is 0. The molecular weight excluding hydrogens is 339 g/mol. The molecule has 0 N–H and O–H groups in total. The third-order valence-electron chi connectivity index (χ3n) is 2.63. The summed E-state index contributed by atoms with van der Waals surface area (Å²) in [6.07, 6.45) is 0. The topological polar surface area (TPSA) is 9.23 Å². The highest BCUT2D eigenvalue weighted by Crippen LogP contribution is 2.15. The third-order valence-corrected chi connectivity index (χ3v) is 10.1. The smallest absolute Gasteiger partial charge is 0.323 e. The first-order valence-corrected chi connectivity index (χ1v) is 10.7. The lowest BCUT2D eigenvalue weighted by molar-refractivity contribution is 0.355. The molecule has 0 aliphatic rings. The van der Waals surface area contributed by atoms with Crippen molar-refractivity contribution >= 4 is 38.0 Å². The first-order chi connectivity index (χ1) is 8.27. The monoisotopic (exact) mass is 354 g/mol. The molecule has 88 valence electrons. The Morgan fingerprint density at radius 1 is 0.882 bits per heavy atom. The van der Waals surface area contributed by atoms with E-state index in [9.17, 15) is 0 Å². The van der Waals surface area contributed by atoms with E-state index in [1.165, 1.54) is 10.4 Å². The number of rotatable bonds is 4. The summed E-state index contributed by atoms with van der Waals surface area (Å²) in [6, 6.07) is 21.1. The number of hydrogen-bond acceptors (Lipinski definition) is 1. The van der Waals surface area contributed by atoms with E-state index in [2.05, 4.69) is 77.3 Å². The molecule has 0 aliphatic carbocycles. The Morgan fingerprint density at radius 2 is 1.29 bits per heavy atom. The van der Waals surface area contributed by atoms with Crippen molar-refractivity contribution in [2.24, 2.45) is 0 Å². The van der Waals surface area contributed by atoms with Gasteiger partial charge in [-0.2, -0.15) is 0 Å². The summed E-state index contributed by atoms with van der Waals surface area (Å²) in [5.74, 6) is -2.03. The van der Waals surface area contributed by atoms with Crippen LogP contribution in [0.4, 0.5) is 0 Å². The molecule has 3 heteroatoms. The molecule has 2 rings (SSSR count). The lowest BCUT2D eigenvalue weighted by Crippen LogP contribution is -2.55. The second-order valence-corrected chi connectivity index (χ2v) is 11.0. The summed E-state index contributed by atoms with van der Waals surface area (Å²) >= 11 is 2.52. The zero-order chi connectivity index (χ0) is 12.1. The van der Waals surface area contributed by atoms with Crippen molar-refractivity contribution in [2.45, 2.75) is 6.92 Å². The highest BCUT2D eigenvalue weighted by molar-refractivity contribution is 14.1. The Kier molecular flexibility index (Phi) is 4.36. The second kappa shape index (κ2) is 5.80. The summed E-state index contributed by atoms with van der Waals surface area (Å²) in [4.78, 5) is 0. The van der Waals surface area contributed by atoms with Crippen molar-refractivity contribution in [2.75, 3.05) is 6.61 Å². The Bertz CT molecular complexity index is 419. The van der Waals surface area contributed by atoms with Gasteiger partial charge in [-0.1, -0.05) is 82.5 Å². The van der Waals surface area contributed by atoms with Crippen LogP contribution in [0.1, 0.15) is 6.92 Å². The van der Waals surface area contributed by atoms with Crippen LogP contribution in [0.2, 0.25) is 0 Å². The molecule has 1 nitrogen and oxygen atoms in total. The van der Waals surface area contributed by atoms with E-state index in [0.29, 0.717) is 0 Å². The molecule has 0 heterocycles. The lowest BCUT2D eigenvalue weighted by atomic mass is 10.4. The van der Waals surface area contributed by atoms with Crippen molar-refractivity contribution < 1.29 is 4.43 Å². The van der Waals surface area contributed by atoms with E-state index in [1.807, 2.05) is 12.1 Å². The quantitative estimate of drug-likeness (QED) is 0.466. The molecule has 2 aromatic rings. The standard InChI is InChI=1S/C14H15IOSi/c1-2-16-17(15,13-9-5-3-6-10-13)14-11-7-4-8-12-14/h3-12H,2H2,1H3. The predicted molar refractivity (Wildman–Crippen MR) is 83.6 cm³/mol. The van der Waals surface area contributed by atoms with Crippen molar-refractivity contribution in [3.05, 3.63) is 60.7 Å². The van der Waals surface area contributed by atoms with Crippen molar-refractivity contribution in [3.8, 4) is 0 Å². The fourth-order valence-corrected chi connectivity index (χ4v) is 7.24. The van der Waals surface area contributed by atoms with Gasteiger partial charge in [-0.3, -0.25) is 0 Å². The van der Waals surface area contributed by atoms with Crippen LogP contribution in [-0.4, -0.2) is 12.4 Å². The van der Waals surface area contributed by atoms with Gasteiger partial charge in [-0.25, -0.2) is 0 Å². The summed E-state index contributed by atoms with van der Waals surface area (Å²) in [7, 11) is 0. The average molecular weight is 354 g/mol. The van der Waals surface area contributed by atoms with Gasteiger partial charge in [0.05, 0.1) is 0 Å². The second-order valence-electron chi connectivity index (χ2n) is 3.76. The van der Waals surface area contributed by atoms with E-state index >= 15 is 0 Å². The van der Waals surface area contributed by atoms with Gasteiger partial charge in [0.1, 0.15) is 0 Å². The lowest BCUT2D eigenvalue weighted by Gasteiger charge is -2.25. The maximum Gasteiger partial charge on any atom is 0.323 e. The SMILES string of the molecule is CCO[Si](I)(c1ccccc1)c1ccccc1. The van der Waals surface area contributed by atoms with E-state index in [-0.39, 0.29) is 0 Å². The van der Waals surface area contributed by atoms with Crippen molar-refractivity contribution in [3.63, 3.8) is 0 Å². The van der Waals surface area contributed by atoms with Gasteiger partial charge in [0.2, 0.25) is 0 Å². The Morgan fingerprint density at radius 3 is 1.65 bits per heavy atom. The van der Waals surface area contributed by atoms with Gasteiger partial charge >= 0.3 is 5.81 Å². The third kappa shape index (κ3) is 2.78. The molecule has 0 amide bonds. The molecule has 0 radical (unpaired) electrons.